The quantitative estimate of drug-likeness (QED) is 0.207. The Morgan fingerprint density at radius 3 is 1.53 bits per heavy atom. The van der Waals surface area contributed by atoms with E-state index in [0.717, 1.165) is 12.3 Å². The molecule has 0 nitrogen and oxygen atoms in total. The summed E-state index contributed by atoms with van der Waals surface area (Å²) in [6, 6.07) is 0. The van der Waals surface area contributed by atoms with E-state index < -0.39 is 0 Å². The zero-order valence-electron chi connectivity index (χ0n) is 26.2. The largest absolute Gasteiger partial charge is 0.103 e. The predicted molar refractivity (Wildman–Crippen MR) is 165 cm³/mol. The lowest BCUT2D eigenvalue weighted by atomic mass is 9.88. The average molecular weight is 473 g/mol. The van der Waals surface area contributed by atoms with Crippen molar-refractivity contribution in [3.63, 3.8) is 0 Å². The molecule has 0 N–H and O–H groups in total. The van der Waals surface area contributed by atoms with Crippen molar-refractivity contribution in [1.82, 2.24) is 0 Å². The number of allylic oxidation sites excluding steroid dienone is 11. The lowest BCUT2D eigenvalue weighted by Crippen LogP contribution is -2.07. The zero-order chi connectivity index (χ0) is 27.7. The van der Waals surface area contributed by atoms with Crippen LogP contribution in [0.25, 0.3) is 0 Å². The van der Waals surface area contributed by atoms with Crippen molar-refractivity contribution in [3.05, 3.63) is 71.4 Å². The van der Waals surface area contributed by atoms with E-state index in [1.54, 1.807) is 0 Å². The molecular formula is C34H64. The first kappa shape index (κ1) is 39.6. The minimum atomic E-state index is 0.661. The molecule has 34 heavy (non-hydrogen) atoms. The maximum absolute atomic E-state index is 3.83. The van der Waals surface area contributed by atoms with Crippen molar-refractivity contribution in [2.75, 3.05) is 0 Å². The Morgan fingerprint density at radius 2 is 1.15 bits per heavy atom. The summed E-state index contributed by atoms with van der Waals surface area (Å²) < 4.78 is 0. The highest BCUT2D eigenvalue weighted by Gasteiger charge is 2.10. The Bertz CT molecular complexity index is 600. The molecule has 3 unspecified atom stereocenters. The van der Waals surface area contributed by atoms with Crippen molar-refractivity contribution in [3.8, 4) is 0 Å². The molecule has 0 rings (SSSR count). The highest BCUT2D eigenvalue weighted by Crippen LogP contribution is 2.21. The van der Waals surface area contributed by atoms with E-state index in [0.29, 0.717) is 17.8 Å². The zero-order valence-corrected chi connectivity index (χ0v) is 26.2. The van der Waals surface area contributed by atoms with Crippen molar-refractivity contribution < 1.29 is 0 Å². The van der Waals surface area contributed by atoms with E-state index in [4.69, 9.17) is 0 Å². The van der Waals surface area contributed by atoms with Crippen molar-refractivity contribution in [2.45, 2.75) is 123 Å². The molecule has 0 aliphatic rings. The minimum absolute atomic E-state index is 0.661. The topological polar surface area (TPSA) is 0 Å². The first-order chi connectivity index (χ1) is 15.9. The van der Waals surface area contributed by atoms with Crippen LogP contribution in [0.15, 0.2) is 71.4 Å². The number of hydrogen-bond acceptors (Lipinski definition) is 0. The molecule has 0 heteroatoms. The van der Waals surface area contributed by atoms with Crippen LogP contribution in [0.3, 0.4) is 0 Å². The fourth-order valence-electron chi connectivity index (χ4n) is 2.43. The van der Waals surface area contributed by atoms with Crippen LogP contribution in [0.1, 0.15) is 123 Å². The molecule has 0 fully saturated rings. The summed E-state index contributed by atoms with van der Waals surface area (Å²) in [6.45, 7) is 36.1. The van der Waals surface area contributed by atoms with Crippen LogP contribution in [0.5, 0.6) is 0 Å². The number of hydrogen-bond donors (Lipinski definition) is 0. The highest BCUT2D eigenvalue weighted by molar-refractivity contribution is 5.34. The van der Waals surface area contributed by atoms with Crippen molar-refractivity contribution in [2.24, 2.45) is 23.7 Å². The minimum Gasteiger partial charge on any atom is -0.103 e. The van der Waals surface area contributed by atoms with Gasteiger partial charge in [-0.15, -0.1) is 6.58 Å². The summed E-state index contributed by atoms with van der Waals surface area (Å²) in [5, 5.41) is 0. The van der Waals surface area contributed by atoms with E-state index in [1.165, 1.54) is 35.1 Å². The van der Waals surface area contributed by atoms with Gasteiger partial charge in [-0.3, -0.25) is 0 Å². The molecule has 0 aromatic carbocycles. The Balaban J connectivity index is -0.000000230. The molecule has 3 atom stereocenters. The second kappa shape index (κ2) is 27.7. The van der Waals surface area contributed by atoms with E-state index >= 15 is 0 Å². The van der Waals surface area contributed by atoms with Crippen molar-refractivity contribution in [1.29, 1.82) is 0 Å². The fraction of sp³-hybridized carbons (Fsp3) is 0.647. The van der Waals surface area contributed by atoms with E-state index in [1.807, 2.05) is 27.7 Å². The molecule has 0 aliphatic carbocycles. The van der Waals surface area contributed by atoms with Gasteiger partial charge in [-0.1, -0.05) is 123 Å². The van der Waals surface area contributed by atoms with Gasteiger partial charge in [-0.05, 0) is 88.7 Å². The molecule has 0 aromatic heterocycles. The Kier molecular flexibility index (Phi) is 32.3. The SMILES string of the molecule is C=CC(C)CCC(C)C(C)/C=C\C(C)C.CC.CC.CC/C(C)=C/C=C(C)/C(C)=C/C=C(C)C. The molecule has 0 radical (unpaired) electrons. The molecule has 0 heterocycles. The van der Waals surface area contributed by atoms with Gasteiger partial charge in [0, 0.05) is 0 Å². The highest BCUT2D eigenvalue weighted by atomic mass is 14.2. The first-order valence-corrected chi connectivity index (χ1v) is 13.9. The van der Waals surface area contributed by atoms with E-state index in [9.17, 15) is 0 Å². The van der Waals surface area contributed by atoms with E-state index in [-0.39, 0.29) is 0 Å². The third-order valence-corrected chi connectivity index (χ3v) is 5.64. The lowest BCUT2D eigenvalue weighted by molar-refractivity contribution is 0.394. The van der Waals surface area contributed by atoms with Gasteiger partial charge in [-0.25, -0.2) is 0 Å². The summed E-state index contributed by atoms with van der Waals surface area (Å²) in [7, 11) is 0. The Labute approximate surface area is 218 Å². The molecule has 200 valence electrons. The lowest BCUT2D eigenvalue weighted by Gasteiger charge is -2.18. The van der Waals surface area contributed by atoms with Crippen LogP contribution in [-0.4, -0.2) is 0 Å². The van der Waals surface area contributed by atoms with Gasteiger partial charge >= 0.3 is 0 Å². The van der Waals surface area contributed by atoms with Gasteiger partial charge in [0.2, 0.25) is 0 Å². The second-order valence-corrected chi connectivity index (χ2v) is 9.57. The number of rotatable bonds is 11. The van der Waals surface area contributed by atoms with E-state index in [2.05, 4.69) is 125 Å². The molecule has 0 saturated carbocycles. The molecule has 0 bridgehead atoms. The third kappa shape index (κ3) is 28.5. The van der Waals surface area contributed by atoms with Crippen LogP contribution < -0.4 is 0 Å². The second-order valence-electron chi connectivity index (χ2n) is 9.57. The standard InChI is InChI=1S/C15H28.C15H24.2C2H6/c2*1-7-13(4)9-11-15(6)14(5)10-8-12(2)3;2*1-2/h7-8,10,12-15H,1,9,11H2,2-6H3;8-11H,7H2,1-6H3;2*1-2H3/b10-8-;13-9+,14-10+,15-11+;;. The third-order valence-electron chi connectivity index (χ3n) is 5.64. The molecule has 0 saturated heterocycles. The Hall–Kier alpha value is -1.56. The molecule has 0 amide bonds. The average Bonchev–Trinajstić information content (AvgIpc) is 2.84. The van der Waals surface area contributed by atoms with Crippen LogP contribution in [-0.2, 0) is 0 Å². The summed E-state index contributed by atoms with van der Waals surface area (Å²) >= 11 is 0. The van der Waals surface area contributed by atoms with Gasteiger partial charge < -0.3 is 0 Å². The van der Waals surface area contributed by atoms with Crippen LogP contribution in [0.4, 0.5) is 0 Å². The van der Waals surface area contributed by atoms with Gasteiger partial charge in [0.15, 0.2) is 0 Å². The summed E-state index contributed by atoms with van der Waals surface area (Å²) in [6.07, 6.45) is 19.2. The Morgan fingerprint density at radius 1 is 0.676 bits per heavy atom. The molecular weight excluding hydrogens is 408 g/mol. The smallest absolute Gasteiger partial charge is 0.0236 e. The predicted octanol–water partition coefficient (Wildman–Crippen LogP) is 12.3. The fourth-order valence-corrected chi connectivity index (χ4v) is 2.43. The van der Waals surface area contributed by atoms with Crippen LogP contribution in [0, 0.1) is 23.7 Å². The monoisotopic (exact) mass is 473 g/mol. The van der Waals surface area contributed by atoms with Crippen LogP contribution in [0.2, 0.25) is 0 Å². The van der Waals surface area contributed by atoms with Gasteiger partial charge in [0.1, 0.15) is 0 Å². The molecule has 0 aromatic rings. The van der Waals surface area contributed by atoms with Gasteiger partial charge in [0.25, 0.3) is 0 Å². The maximum Gasteiger partial charge on any atom is -0.0236 e. The van der Waals surface area contributed by atoms with Gasteiger partial charge in [-0.2, -0.15) is 0 Å². The summed E-state index contributed by atoms with van der Waals surface area (Å²) in [4.78, 5) is 0. The normalized spacial score (nSPS) is 14.5. The van der Waals surface area contributed by atoms with Crippen LogP contribution >= 0.6 is 0 Å². The molecule has 0 spiro atoms. The summed E-state index contributed by atoms with van der Waals surface area (Å²) in [5.74, 6) is 2.81. The molecule has 0 aliphatic heterocycles. The maximum atomic E-state index is 3.83. The van der Waals surface area contributed by atoms with Crippen molar-refractivity contribution >= 4 is 0 Å². The first-order valence-electron chi connectivity index (χ1n) is 13.9. The summed E-state index contributed by atoms with van der Waals surface area (Å²) in [5.41, 5.74) is 5.42. The van der Waals surface area contributed by atoms with Gasteiger partial charge in [0.05, 0.1) is 0 Å².